The highest BCUT2D eigenvalue weighted by Crippen LogP contribution is 2.24. The molecule has 3 aromatic rings. The molecule has 6 heteroatoms. The van der Waals surface area contributed by atoms with Gasteiger partial charge >= 0.3 is 0 Å². The van der Waals surface area contributed by atoms with Gasteiger partial charge in [-0.25, -0.2) is 4.98 Å². The Balaban J connectivity index is 1.57. The molecule has 1 unspecified atom stereocenters. The summed E-state index contributed by atoms with van der Waals surface area (Å²) in [7, 11) is 0. The molecule has 0 aliphatic rings. The van der Waals surface area contributed by atoms with Crippen LogP contribution in [-0.4, -0.2) is 17.0 Å². The molecule has 0 saturated carbocycles. The van der Waals surface area contributed by atoms with Gasteiger partial charge in [0.2, 0.25) is 0 Å². The van der Waals surface area contributed by atoms with Gasteiger partial charge in [0, 0.05) is 6.20 Å². The Morgan fingerprint density at radius 1 is 1.04 bits per heavy atom. The number of aromatic nitrogens is 1. The maximum atomic E-state index is 12.3. The zero-order valence-electron chi connectivity index (χ0n) is 15.5. The number of hydrogen-bond acceptors (Lipinski definition) is 5. The number of amides is 1. The number of nitrogens with one attached hydrogen (secondary N) is 1. The van der Waals surface area contributed by atoms with Crippen LogP contribution in [0.2, 0.25) is 0 Å². The number of nitrogens with zero attached hydrogens (tertiary/aromatic N) is 2. The molecule has 0 bridgehead atoms. The molecule has 3 rings (SSSR count). The van der Waals surface area contributed by atoms with Crippen molar-refractivity contribution in [2.45, 2.75) is 20.0 Å². The summed E-state index contributed by atoms with van der Waals surface area (Å²) in [4.78, 5) is 16.4. The second-order valence-electron chi connectivity index (χ2n) is 6.18. The van der Waals surface area contributed by atoms with Gasteiger partial charge in [-0.3, -0.25) is 4.79 Å². The molecule has 1 atom stereocenters. The van der Waals surface area contributed by atoms with Crippen molar-refractivity contribution in [2.24, 2.45) is 0 Å². The molecular formula is C22H19N3O3. The summed E-state index contributed by atoms with van der Waals surface area (Å²) in [5.41, 5.74) is 1.58. The van der Waals surface area contributed by atoms with Gasteiger partial charge in [0.25, 0.3) is 5.91 Å². The zero-order chi connectivity index (χ0) is 19.9. The maximum Gasteiger partial charge on any atom is 0.266 e. The summed E-state index contributed by atoms with van der Waals surface area (Å²) in [5, 5.41) is 11.6. The van der Waals surface area contributed by atoms with Crippen LogP contribution in [0.1, 0.15) is 18.1 Å². The lowest BCUT2D eigenvalue weighted by Gasteiger charge is -2.15. The number of hydrogen-bond donors (Lipinski definition) is 1. The van der Waals surface area contributed by atoms with Gasteiger partial charge in [-0.1, -0.05) is 0 Å². The summed E-state index contributed by atoms with van der Waals surface area (Å²) in [5.74, 6) is 2.01. The van der Waals surface area contributed by atoms with Crippen LogP contribution >= 0.6 is 0 Å². The summed E-state index contributed by atoms with van der Waals surface area (Å²) in [6.07, 6.45) is 0.955. The highest BCUT2D eigenvalue weighted by Gasteiger charge is 2.15. The van der Waals surface area contributed by atoms with E-state index in [1.54, 1.807) is 67.7 Å². The topological polar surface area (TPSA) is 84.2 Å². The first-order valence-corrected chi connectivity index (χ1v) is 8.72. The van der Waals surface area contributed by atoms with E-state index >= 15 is 0 Å². The first-order valence-electron chi connectivity index (χ1n) is 8.72. The van der Waals surface area contributed by atoms with Gasteiger partial charge in [0.05, 0.1) is 11.6 Å². The smallest absolute Gasteiger partial charge is 0.266 e. The molecule has 140 valence electrons. The number of rotatable bonds is 6. The van der Waals surface area contributed by atoms with Crippen molar-refractivity contribution in [1.29, 1.82) is 5.26 Å². The molecule has 0 aliphatic carbocycles. The van der Waals surface area contributed by atoms with E-state index in [4.69, 9.17) is 14.7 Å². The molecule has 1 N–H and O–H groups in total. The van der Waals surface area contributed by atoms with Gasteiger partial charge in [-0.2, -0.15) is 5.26 Å². The van der Waals surface area contributed by atoms with Crippen LogP contribution < -0.4 is 14.8 Å². The van der Waals surface area contributed by atoms with Crippen LogP contribution in [0.4, 0.5) is 5.82 Å². The molecule has 0 aliphatic heterocycles. The third-order valence-corrected chi connectivity index (χ3v) is 3.89. The number of nitriles is 1. The Morgan fingerprint density at radius 3 is 2.25 bits per heavy atom. The van der Waals surface area contributed by atoms with Crippen molar-refractivity contribution in [3.05, 3.63) is 78.0 Å². The largest absolute Gasteiger partial charge is 0.481 e. The van der Waals surface area contributed by atoms with Crippen LogP contribution in [-0.2, 0) is 4.79 Å². The number of aryl methyl sites for hydroxylation is 1. The van der Waals surface area contributed by atoms with E-state index in [1.165, 1.54) is 0 Å². The van der Waals surface area contributed by atoms with Crippen LogP contribution in [0.25, 0.3) is 0 Å². The average molecular weight is 373 g/mol. The summed E-state index contributed by atoms with van der Waals surface area (Å²) in [6.45, 7) is 3.60. The molecule has 0 radical (unpaired) electrons. The molecule has 28 heavy (non-hydrogen) atoms. The van der Waals surface area contributed by atoms with Gasteiger partial charge in [0.15, 0.2) is 6.10 Å². The lowest BCUT2D eigenvalue weighted by molar-refractivity contribution is -0.122. The van der Waals surface area contributed by atoms with E-state index < -0.39 is 6.10 Å². The van der Waals surface area contributed by atoms with E-state index in [0.717, 1.165) is 5.56 Å². The second kappa shape index (κ2) is 8.69. The van der Waals surface area contributed by atoms with Crippen molar-refractivity contribution in [1.82, 2.24) is 4.98 Å². The predicted molar refractivity (Wildman–Crippen MR) is 105 cm³/mol. The molecule has 0 spiro atoms. The van der Waals surface area contributed by atoms with Gasteiger partial charge in [-0.15, -0.1) is 0 Å². The van der Waals surface area contributed by atoms with Crippen LogP contribution in [0.5, 0.6) is 17.2 Å². The number of pyridine rings is 1. The minimum atomic E-state index is -0.687. The Kier molecular flexibility index (Phi) is 5.87. The highest BCUT2D eigenvalue weighted by molar-refractivity contribution is 5.93. The third-order valence-electron chi connectivity index (χ3n) is 3.89. The fraction of sp³-hybridized carbons (Fsp3) is 0.136. The highest BCUT2D eigenvalue weighted by atomic mass is 16.5. The van der Waals surface area contributed by atoms with Crippen molar-refractivity contribution < 1.29 is 14.3 Å². The van der Waals surface area contributed by atoms with E-state index in [9.17, 15) is 4.79 Å². The van der Waals surface area contributed by atoms with Gasteiger partial charge < -0.3 is 14.8 Å². The molecule has 0 saturated heterocycles. The number of carbonyl (C=O) groups excluding carboxylic acids is 1. The van der Waals surface area contributed by atoms with E-state index in [-0.39, 0.29) is 5.91 Å². The van der Waals surface area contributed by atoms with Crippen molar-refractivity contribution in [2.75, 3.05) is 5.32 Å². The molecule has 1 aromatic heterocycles. The molecule has 1 heterocycles. The summed E-state index contributed by atoms with van der Waals surface area (Å²) < 4.78 is 11.4. The summed E-state index contributed by atoms with van der Waals surface area (Å²) >= 11 is 0. The van der Waals surface area contributed by atoms with E-state index in [2.05, 4.69) is 16.4 Å². The van der Waals surface area contributed by atoms with Crippen molar-refractivity contribution in [3.8, 4) is 23.3 Å². The maximum absolute atomic E-state index is 12.3. The number of benzene rings is 2. The Morgan fingerprint density at radius 2 is 1.64 bits per heavy atom. The fourth-order valence-electron chi connectivity index (χ4n) is 2.41. The Bertz CT molecular complexity index is 993. The molecule has 0 fully saturated rings. The fourth-order valence-corrected chi connectivity index (χ4v) is 2.41. The molecule has 2 aromatic carbocycles. The van der Waals surface area contributed by atoms with Gasteiger partial charge in [-0.05, 0) is 80.1 Å². The predicted octanol–water partition coefficient (Wildman–Crippen LogP) is 4.46. The third kappa shape index (κ3) is 5.08. The lowest BCUT2D eigenvalue weighted by atomic mass is 10.2. The Labute approximate surface area is 163 Å². The quantitative estimate of drug-likeness (QED) is 0.689. The number of anilines is 1. The lowest BCUT2D eigenvalue weighted by Crippen LogP contribution is -2.30. The number of ether oxygens (including phenoxy) is 2. The van der Waals surface area contributed by atoms with Crippen molar-refractivity contribution in [3.63, 3.8) is 0 Å². The molecular weight excluding hydrogens is 354 g/mol. The van der Waals surface area contributed by atoms with Crippen LogP contribution in [0.3, 0.4) is 0 Å². The first-order chi connectivity index (χ1) is 13.5. The SMILES string of the molecule is Cc1ccnc(NC(=O)C(C)Oc2ccc(Oc3ccc(C#N)cc3)cc2)c1. The zero-order valence-corrected chi connectivity index (χ0v) is 15.5. The number of carbonyl (C=O) groups is 1. The van der Waals surface area contributed by atoms with Crippen LogP contribution in [0.15, 0.2) is 66.9 Å². The van der Waals surface area contributed by atoms with Gasteiger partial charge in [0.1, 0.15) is 23.1 Å². The minimum absolute atomic E-state index is 0.281. The van der Waals surface area contributed by atoms with Crippen molar-refractivity contribution >= 4 is 11.7 Å². The minimum Gasteiger partial charge on any atom is -0.481 e. The summed E-state index contributed by atoms with van der Waals surface area (Å²) in [6, 6.07) is 19.5. The molecule has 6 nitrogen and oxygen atoms in total. The molecule has 1 amide bonds. The van der Waals surface area contributed by atoms with E-state index in [1.807, 2.05) is 13.0 Å². The normalized spacial score (nSPS) is 11.2. The van der Waals surface area contributed by atoms with Crippen LogP contribution in [0, 0.1) is 18.3 Å². The Hall–Kier alpha value is -3.85. The first kappa shape index (κ1) is 18.9. The second-order valence-corrected chi connectivity index (χ2v) is 6.18. The monoisotopic (exact) mass is 373 g/mol. The standard InChI is InChI=1S/C22H19N3O3/c1-15-11-12-24-21(13-15)25-22(26)16(2)27-18-7-9-20(10-8-18)28-19-5-3-17(14-23)4-6-19/h3-13,16H,1-2H3,(H,24,25,26). The average Bonchev–Trinajstić information content (AvgIpc) is 2.70. The van der Waals surface area contributed by atoms with E-state index in [0.29, 0.717) is 28.6 Å².